The first-order valence-corrected chi connectivity index (χ1v) is 15.1. The topological polar surface area (TPSA) is 82.8 Å². The highest BCUT2D eigenvalue weighted by Crippen LogP contribution is 2.41. The Labute approximate surface area is 249 Å². The molecule has 0 unspecified atom stereocenters. The Bertz CT molecular complexity index is 1540. The molecule has 0 radical (unpaired) electrons. The second-order valence-corrected chi connectivity index (χ2v) is 13.8. The number of benzene rings is 1. The minimum absolute atomic E-state index is 0.0349. The number of fused-ring (bicyclic) bond motifs is 1. The Morgan fingerprint density at radius 3 is 2.10 bits per heavy atom. The summed E-state index contributed by atoms with van der Waals surface area (Å²) in [5.41, 5.74) is 4.06. The average Bonchev–Trinajstić information content (AvgIpc) is 3.23. The van der Waals surface area contributed by atoms with Gasteiger partial charge in [0.2, 0.25) is 0 Å². The SMILES string of the molecule is CCc1cc(-c2c(C(C)C)c3cc(C4CCN(C(=O)OC(C)(C)C)CC4)ccc3n2C(=O)OC(C)(C)C)cn(C)c1=O. The Balaban J connectivity index is 1.83. The number of carbonyl (C=O) groups is 2. The van der Waals surface area contributed by atoms with Gasteiger partial charge in [0.1, 0.15) is 11.2 Å². The van der Waals surface area contributed by atoms with E-state index in [0.717, 1.165) is 40.6 Å². The summed E-state index contributed by atoms with van der Waals surface area (Å²) in [5.74, 6) is 0.378. The van der Waals surface area contributed by atoms with Crippen molar-refractivity contribution in [2.24, 2.45) is 7.05 Å². The molecule has 3 aromatic rings. The molecule has 1 aliphatic heterocycles. The van der Waals surface area contributed by atoms with Crippen LogP contribution in [0.25, 0.3) is 22.2 Å². The number of ether oxygens (including phenoxy) is 2. The van der Waals surface area contributed by atoms with Crippen LogP contribution in [0.1, 0.15) is 104 Å². The van der Waals surface area contributed by atoms with E-state index in [4.69, 9.17) is 9.47 Å². The molecule has 2 aromatic heterocycles. The van der Waals surface area contributed by atoms with E-state index >= 15 is 0 Å². The van der Waals surface area contributed by atoms with Crippen LogP contribution < -0.4 is 5.56 Å². The van der Waals surface area contributed by atoms with Gasteiger partial charge in [-0.2, -0.15) is 0 Å². The highest BCUT2D eigenvalue weighted by atomic mass is 16.6. The summed E-state index contributed by atoms with van der Waals surface area (Å²) in [6.07, 6.45) is 3.37. The maximum Gasteiger partial charge on any atom is 0.419 e. The summed E-state index contributed by atoms with van der Waals surface area (Å²) in [6.45, 7) is 18.7. The van der Waals surface area contributed by atoms with E-state index in [1.54, 1.807) is 21.1 Å². The lowest BCUT2D eigenvalue weighted by Crippen LogP contribution is -2.41. The van der Waals surface area contributed by atoms with Crippen molar-refractivity contribution in [2.45, 2.75) is 105 Å². The van der Waals surface area contributed by atoms with Crippen molar-refractivity contribution < 1.29 is 19.1 Å². The maximum atomic E-state index is 13.8. The van der Waals surface area contributed by atoms with Crippen LogP contribution >= 0.6 is 0 Å². The molecule has 0 N–H and O–H groups in total. The largest absolute Gasteiger partial charge is 0.444 e. The average molecular weight is 578 g/mol. The quantitative estimate of drug-likeness (QED) is 0.319. The summed E-state index contributed by atoms with van der Waals surface area (Å²) in [6, 6.07) is 8.25. The zero-order valence-electron chi connectivity index (χ0n) is 27.0. The number of piperidine rings is 1. The number of hydrogen-bond donors (Lipinski definition) is 0. The number of aryl methyl sites for hydroxylation is 2. The molecule has 0 spiro atoms. The lowest BCUT2D eigenvalue weighted by atomic mass is 9.87. The summed E-state index contributed by atoms with van der Waals surface area (Å²) in [7, 11) is 1.75. The molecule has 0 bridgehead atoms. The number of pyridine rings is 1. The Morgan fingerprint density at radius 1 is 0.952 bits per heavy atom. The first-order chi connectivity index (χ1) is 19.5. The van der Waals surface area contributed by atoms with Crippen molar-refractivity contribution >= 4 is 23.1 Å². The minimum Gasteiger partial charge on any atom is -0.444 e. The highest BCUT2D eigenvalue weighted by Gasteiger charge is 2.31. The van der Waals surface area contributed by atoms with Gasteiger partial charge in [0.05, 0.1) is 11.2 Å². The molecule has 1 aliphatic rings. The second kappa shape index (κ2) is 11.6. The third-order valence-electron chi connectivity index (χ3n) is 7.71. The minimum atomic E-state index is -0.677. The molecule has 0 saturated carbocycles. The van der Waals surface area contributed by atoms with E-state index in [-0.39, 0.29) is 23.5 Å². The molecule has 4 rings (SSSR count). The predicted molar refractivity (Wildman–Crippen MR) is 167 cm³/mol. The molecule has 3 heterocycles. The van der Waals surface area contributed by atoms with Gasteiger partial charge in [0.15, 0.2) is 0 Å². The van der Waals surface area contributed by atoms with Gasteiger partial charge in [-0.25, -0.2) is 14.2 Å². The monoisotopic (exact) mass is 577 g/mol. The van der Waals surface area contributed by atoms with E-state index < -0.39 is 17.3 Å². The number of carbonyl (C=O) groups excluding carboxylic acids is 2. The van der Waals surface area contributed by atoms with E-state index in [1.165, 1.54) is 5.56 Å². The van der Waals surface area contributed by atoms with Gasteiger partial charge >= 0.3 is 12.2 Å². The third kappa shape index (κ3) is 6.58. The fourth-order valence-electron chi connectivity index (χ4n) is 5.84. The molecule has 228 valence electrons. The number of nitrogens with zero attached hydrogens (tertiary/aromatic N) is 3. The standard InChI is InChI=1S/C34H47N3O5/c1-11-22-18-25(20-35(10)30(22)38)29-28(21(2)3)26-19-24(12-13-27(26)37(29)32(40)42-34(7,8)9)23-14-16-36(17-15-23)31(39)41-33(4,5)6/h12-13,18-21,23H,11,14-17H2,1-10H3. The van der Waals surface area contributed by atoms with Crippen LogP contribution in [0.5, 0.6) is 0 Å². The van der Waals surface area contributed by atoms with E-state index in [9.17, 15) is 14.4 Å². The zero-order chi connectivity index (χ0) is 31.1. The Morgan fingerprint density at radius 2 is 1.55 bits per heavy atom. The molecule has 1 aromatic carbocycles. The number of hydrogen-bond acceptors (Lipinski definition) is 5. The van der Waals surface area contributed by atoms with Crippen molar-refractivity contribution in [1.29, 1.82) is 0 Å². The smallest absolute Gasteiger partial charge is 0.419 e. The van der Waals surface area contributed by atoms with Crippen LogP contribution in [0.2, 0.25) is 0 Å². The molecule has 42 heavy (non-hydrogen) atoms. The summed E-state index contributed by atoms with van der Waals surface area (Å²) < 4.78 is 14.8. The van der Waals surface area contributed by atoms with Gasteiger partial charge in [0.25, 0.3) is 5.56 Å². The molecule has 0 atom stereocenters. The van der Waals surface area contributed by atoms with Crippen LogP contribution in [0, 0.1) is 0 Å². The summed E-state index contributed by atoms with van der Waals surface area (Å²) in [4.78, 5) is 41.0. The number of amides is 1. The fourth-order valence-corrected chi connectivity index (χ4v) is 5.84. The molecule has 1 fully saturated rings. The molecular formula is C34H47N3O5. The van der Waals surface area contributed by atoms with Crippen LogP contribution in [0.3, 0.4) is 0 Å². The van der Waals surface area contributed by atoms with E-state index in [2.05, 4.69) is 26.0 Å². The van der Waals surface area contributed by atoms with E-state index in [1.807, 2.05) is 66.8 Å². The second-order valence-electron chi connectivity index (χ2n) is 13.8. The zero-order valence-corrected chi connectivity index (χ0v) is 27.0. The first kappa shape index (κ1) is 31.4. The van der Waals surface area contributed by atoms with Gasteiger partial charge in [-0.15, -0.1) is 0 Å². The highest BCUT2D eigenvalue weighted by molar-refractivity contribution is 6.00. The van der Waals surface area contributed by atoms with Crippen molar-refractivity contribution in [3.63, 3.8) is 0 Å². The van der Waals surface area contributed by atoms with Gasteiger partial charge in [-0.3, -0.25) is 4.79 Å². The van der Waals surface area contributed by atoms with Gasteiger partial charge in [-0.1, -0.05) is 26.8 Å². The van der Waals surface area contributed by atoms with Crippen molar-refractivity contribution in [3.8, 4) is 11.3 Å². The van der Waals surface area contributed by atoms with Gasteiger partial charge in [-0.05, 0) is 102 Å². The predicted octanol–water partition coefficient (Wildman–Crippen LogP) is 7.59. The number of rotatable bonds is 4. The van der Waals surface area contributed by atoms with Crippen molar-refractivity contribution in [3.05, 3.63) is 57.5 Å². The van der Waals surface area contributed by atoms with Crippen LogP contribution in [0.4, 0.5) is 9.59 Å². The normalized spacial score (nSPS) is 15.0. The van der Waals surface area contributed by atoms with Gasteiger partial charge < -0.3 is 18.9 Å². The Kier molecular flexibility index (Phi) is 8.68. The Hall–Kier alpha value is -3.55. The van der Waals surface area contributed by atoms with Crippen molar-refractivity contribution in [1.82, 2.24) is 14.0 Å². The molecule has 8 heteroatoms. The fraction of sp³-hybridized carbons (Fsp3) is 0.559. The van der Waals surface area contributed by atoms with Crippen LogP contribution in [0.15, 0.2) is 35.3 Å². The lowest BCUT2D eigenvalue weighted by molar-refractivity contribution is 0.0204. The summed E-state index contributed by atoms with van der Waals surface area (Å²) in [5, 5.41) is 1.00. The van der Waals surface area contributed by atoms with E-state index in [0.29, 0.717) is 25.1 Å². The molecule has 8 nitrogen and oxygen atoms in total. The maximum absolute atomic E-state index is 13.8. The first-order valence-electron chi connectivity index (χ1n) is 15.1. The van der Waals surface area contributed by atoms with Crippen molar-refractivity contribution in [2.75, 3.05) is 13.1 Å². The molecule has 1 amide bonds. The number of likely N-dealkylation sites (tertiary alicyclic amines) is 1. The number of aromatic nitrogens is 2. The molecular weight excluding hydrogens is 530 g/mol. The lowest BCUT2D eigenvalue weighted by Gasteiger charge is -2.33. The van der Waals surface area contributed by atoms with Gasteiger partial charge in [0, 0.05) is 42.8 Å². The van der Waals surface area contributed by atoms with Crippen LogP contribution in [-0.4, -0.2) is 50.5 Å². The molecule has 1 saturated heterocycles. The third-order valence-corrected chi connectivity index (χ3v) is 7.71. The molecule has 0 aliphatic carbocycles. The van der Waals surface area contributed by atoms with Crippen LogP contribution in [-0.2, 0) is 22.9 Å². The summed E-state index contributed by atoms with van der Waals surface area (Å²) >= 11 is 0.